The standard InChI is InChI=1S/C35H46O8Si/c1-25(23-42-44(34(2,3)4,27-15-11-9-12-16-27)28-17-13-10-14-18-28)19-29-30(41-24-37-5)20-26(33(39-7)40-8)22-35(29)31(38-6)21-32(36)43-35/h9-21,29-30,33H,22-24H2,1-8H3/b25-19+/t29-,30+,35+/m1/s1. The molecule has 3 atom stereocenters. The lowest BCUT2D eigenvalue weighted by Crippen LogP contribution is -2.66. The lowest BCUT2D eigenvalue weighted by atomic mass is 9.72. The Bertz CT molecular complexity index is 1300. The van der Waals surface area contributed by atoms with Gasteiger partial charge >= 0.3 is 5.97 Å². The number of hydrogen-bond acceptors (Lipinski definition) is 8. The van der Waals surface area contributed by atoms with Gasteiger partial charge in [0, 0.05) is 27.8 Å². The molecule has 1 aliphatic carbocycles. The van der Waals surface area contributed by atoms with Crippen molar-refractivity contribution in [1.29, 1.82) is 0 Å². The predicted molar refractivity (Wildman–Crippen MR) is 172 cm³/mol. The van der Waals surface area contributed by atoms with Gasteiger partial charge in [0.2, 0.25) is 0 Å². The monoisotopic (exact) mass is 622 g/mol. The van der Waals surface area contributed by atoms with Crippen molar-refractivity contribution in [2.75, 3.05) is 41.8 Å². The Morgan fingerprint density at radius 2 is 1.59 bits per heavy atom. The van der Waals surface area contributed by atoms with Crippen LogP contribution in [-0.4, -0.2) is 74.1 Å². The van der Waals surface area contributed by atoms with Gasteiger partial charge in [-0.3, -0.25) is 0 Å². The molecule has 1 spiro atoms. The first-order valence-electron chi connectivity index (χ1n) is 14.8. The largest absolute Gasteiger partial charge is 0.497 e. The van der Waals surface area contributed by atoms with Crippen molar-refractivity contribution in [3.05, 3.63) is 95.8 Å². The number of esters is 1. The topological polar surface area (TPSA) is 81.7 Å². The molecule has 0 N–H and O–H groups in total. The summed E-state index contributed by atoms with van der Waals surface area (Å²) in [5.41, 5.74) is 0.584. The van der Waals surface area contributed by atoms with Crippen LogP contribution in [0.3, 0.4) is 0 Å². The van der Waals surface area contributed by atoms with Crippen molar-refractivity contribution in [2.24, 2.45) is 5.92 Å². The highest BCUT2D eigenvalue weighted by Crippen LogP contribution is 2.48. The van der Waals surface area contributed by atoms with Crippen LogP contribution in [0.25, 0.3) is 0 Å². The molecule has 2 aliphatic rings. The van der Waals surface area contributed by atoms with Crippen LogP contribution in [-0.2, 0) is 37.6 Å². The van der Waals surface area contributed by atoms with Crippen LogP contribution in [0, 0.1) is 5.92 Å². The molecule has 0 fully saturated rings. The molecule has 0 radical (unpaired) electrons. The van der Waals surface area contributed by atoms with Gasteiger partial charge in [0.15, 0.2) is 11.9 Å². The quantitative estimate of drug-likeness (QED) is 0.135. The molecule has 0 saturated carbocycles. The number of rotatable bonds is 13. The number of ether oxygens (including phenoxy) is 6. The summed E-state index contributed by atoms with van der Waals surface area (Å²) in [6.45, 7) is 9.21. The third-order valence-corrected chi connectivity index (χ3v) is 13.4. The smallest absolute Gasteiger partial charge is 0.335 e. The Morgan fingerprint density at radius 3 is 2.09 bits per heavy atom. The van der Waals surface area contributed by atoms with E-state index in [4.69, 9.17) is 32.8 Å². The molecule has 0 saturated heterocycles. The minimum Gasteiger partial charge on any atom is -0.497 e. The first-order valence-corrected chi connectivity index (χ1v) is 16.7. The summed E-state index contributed by atoms with van der Waals surface area (Å²) in [6.07, 6.45) is 4.58. The van der Waals surface area contributed by atoms with Gasteiger partial charge in [-0.2, -0.15) is 0 Å². The van der Waals surface area contributed by atoms with E-state index >= 15 is 0 Å². The highest BCUT2D eigenvalue weighted by molar-refractivity contribution is 6.99. The molecule has 2 aromatic carbocycles. The summed E-state index contributed by atoms with van der Waals surface area (Å²) in [6, 6.07) is 21.1. The Labute approximate surface area is 262 Å². The molecule has 0 unspecified atom stereocenters. The molecule has 238 valence electrons. The highest BCUT2D eigenvalue weighted by Gasteiger charge is 2.56. The second-order valence-electron chi connectivity index (χ2n) is 12.3. The van der Waals surface area contributed by atoms with Gasteiger partial charge in [-0.15, -0.1) is 0 Å². The van der Waals surface area contributed by atoms with Gasteiger partial charge in [-0.1, -0.05) is 99.2 Å². The minimum absolute atomic E-state index is 0.0388. The van der Waals surface area contributed by atoms with E-state index in [2.05, 4.69) is 75.4 Å². The van der Waals surface area contributed by atoms with Crippen molar-refractivity contribution in [3.8, 4) is 0 Å². The minimum atomic E-state index is -2.78. The number of carbonyl (C=O) groups excluding carboxylic acids is 1. The SMILES string of the molecule is COCO[C@H]1C=C(C(OC)OC)C[C@]2(OC(=O)C=C2OC)[C@@H]1/C=C(\C)CO[Si](c1ccccc1)(c1ccccc1)C(C)(C)C. The van der Waals surface area contributed by atoms with E-state index in [-0.39, 0.29) is 11.8 Å². The number of carbonyl (C=O) groups is 1. The van der Waals surface area contributed by atoms with Gasteiger partial charge in [-0.25, -0.2) is 4.79 Å². The zero-order valence-electron chi connectivity index (χ0n) is 27.1. The van der Waals surface area contributed by atoms with E-state index in [0.717, 1.165) is 11.1 Å². The first kappa shape index (κ1) is 33.8. The van der Waals surface area contributed by atoms with E-state index in [1.165, 1.54) is 16.4 Å². The number of methoxy groups -OCH3 is 4. The van der Waals surface area contributed by atoms with Crippen LogP contribution >= 0.6 is 0 Å². The van der Waals surface area contributed by atoms with Gasteiger partial charge in [0.05, 0.1) is 31.8 Å². The van der Waals surface area contributed by atoms with Crippen LogP contribution in [0.5, 0.6) is 0 Å². The molecule has 1 aliphatic heterocycles. The maximum absolute atomic E-state index is 12.8. The fourth-order valence-electron chi connectivity index (χ4n) is 6.56. The van der Waals surface area contributed by atoms with Gasteiger partial charge in [0.25, 0.3) is 8.32 Å². The summed E-state index contributed by atoms with van der Waals surface area (Å²) in [7, 11) is 3.47. The molecule has 1 heterocycles. The molecular formula is C35H46O8Si. The Hall–Kier alpha value is -3.05. The van der Waals surface area contributed by atoms with Crippen molar-refractivity contribution < 1.29 is 37.6 Å². The van der Waals surface area contributed by atoms with Crippen LogP contribution in [0.2, 0.25) is 5.04 Å². The number of hydrogen-bond donors (Lipinski definition) is 0. The van der Waals surface area contributed by atoms with Crippen LogP contribution in [0.1, 0.15) is 34.1 Å². The second kappa shape index (κ2) is 14.4. The molecule has 2 aromatic rings. The maximum atomic E-state index is 12.8. The average molecular weight is 623 g/mol. The van der Waals surface area contributed by atoms with Gasteiger partial charge in [0.1, 0.15) is 12.6 Å². The summed E-state index contributed by atoms with van der Waals surface area (Å²) < 4.78 is 41.8. The van der Waals surface area contributed by atoms with E-state index in [9.17, 15) is 4.79 Å². The summed E-state index contributed by atoms with van der Waals surface area (Å²) in [4.78, 5) is 12.8. The third kappa shape index (κ3) is 6.63. The first-order chi connectivity index (χ1) is 21.1. The van der Waals surface area contributed by atoms with Crippen LogP contribution in [0.15, 0.2) is 95.8 Å². The normalized spacial score (nSPS) is 22.7. The van der Waals surface area contributed by atoms with E-state index in [0.29, 0.717) is 18.8 Å². The van der Waals surface area contributed by atoms with Gasteiger partial charge < -0.3 is 32.8 Å². The molecule has 0 amide bonds. The highest BCUT2D eigenvalue weighted by atomic mass is 28.4. The molecule has 9 heteroatoms. The Balaban J connectivity index is 1.79. The molecule has 8 nitrogen and oxygen atoms in total. The summed E-state index contributed by atoms with van der Waals surface area (Å²) in [5.74, 6) is -0.497. The van der Waals surface area contributed by atoms with E-state index in [1.54, 1.807) is 28.4 Å². The summed E-state index contributed by atoms with van der Waals surface area (Å²) in [5, 5.41) is 2.23. The average Bonchev–Trinajstić information content (AvgIpc) is 3.33. The third-order valence-electron chi connectivity index (χ3n) is 8.41. The lowest BCUT2D eigenvalue weighted by Gasteiger charge is -2.44. The second-order valence-corrected chi connectivity index (χ2v) is 16.6. The fraction of sp³-hybridized carbons (Fsp3) is 0.457. The predicted octanol–water partition coefficient (Wildman–Crippen LogP) is 4.89. The van der Waals surface area contributed by atoms with E-state index in [1.807, 2.05) is 25.1 Å². The van der Waals surface area contributed by atoms with Crippen molar-refractivity contribution in [2.45, 2.75) is 57.1 Å². The Morgan fingerprint density at radius 1 is 1.00 bits per heavy atom. The Kier molecular flexibility index (Phi) is 11.0. The van der Waals surface area contributed by atoms with Crippen molar-refractivity contribution >= 4 is 24.7 Å². The van der Waals surface area contributed by atoms with Crippen LogP contribution in [0.4, 0.5) is 0 Å². The van der Waals surface area contributed by atoms with Crippen molar-refractivity contribution in [3.63, 3.8) is 0 Å². The fourth-order valence-corrected chi connectivity index (χ4v) is 11.2. The van der Waals surface area contributed by atoms with Crippen LogP contribution < -0.4 is 10.4 Å². The zero-order chi connectivity index (χ0) is 32.0. The molecule has 0 bridgehead atoms. The van der Waals surface area contributed by atoms with E-state index < -0.39 is 38.2 Å². The zero-order valence-corrected chi connectivity index (χ0v) is 28.1. The summed E-state index contributed by atoms with van der Waals surface area (Å²) >= 11 is 0. The molecule has 4 rings (SSSR count). The maximum Gasteiger partial charge on any atom is 0.335 e. The molecule has 44 heavy (non-hydrogen) atoms. The lowest BCUT2D eigenvalue weighted by molar-refractivity contribution is -0.164. The van der Waals surface area contributed by atoms with Crippen molar-refractivity contribution in [1.82, 2.24) is 0 Å². The number of benzene rings is 2. The molecular weight excluding hydrogens is 576 g/mol. The molecule has 0 aromatic heterocycles. The van der Waals surface area contributed by atoms with Gasteiger partial charge in [-0.05, 0) is 27.9 Å².